The molecule has 0 radical (unpaired) electrons. The molecular weight excluding hydrogens is 192 g/mol. The van der Waals surface area contributed by atoms with Gasteiger partial charge in [0, 0.05) is 0 Å². The lowest BCUT2D eigenvalue weighted by Gasteiger charge is -2.07. The van der Waals surface area contributed by atoms with Crippen molar-refractivity contribution in [3.8, 4) is 5.75 Å². The van der Waals surface area contributed by atoms with Crippen molar-refractivity contribution < 1.29 is 4.74 Å². The lowest BCUT2D eigenvalue weighted by atomic mass is 10.1. The maximum Gasteiger partial charge on any atom is 0.139 e. The van der Waals surface area contributed by atoms with Crippen molar-refractivity contribution >= 4 is 21.4 Å². The number of benzene rings is 1. The average molecular weight is 206 g/mol. The van der Waals surface area contributed by atoms with Gasteiger partial charge in [-0.15, -0.1) is 11.3 Å². The standard InChI is InChI=1S/C12H14OS/c1-4-9-5-6-10-8(2)7-14-12(10)11(9)13-3/h5-7H,4H2,1-3H3. The molecule has 1 heterocycles. The van der Waals surface area contributed by atoms with Gasteiger partial charge in [-0.05, 0) is 35.2 Å². The van der Waals surface area contributed by atoms with Gasteiger partial charge in [0.05, 0.1) is 11.8 Å². The molecule has 0 aliphatic heterocycles. The Bertz CT molecular complexity index is 457. The molecule has 1 aromatic carbocycles. The highest BCUT2D eigenvalue weighted by Gasteiger charge is 2.09. The van der Waals surface area contributed by atoms with Crippen LogP contribution in [-0.2, 0) is 6.42 Å². The van der Waals surface area contributed by atoms with Crippen LogP contribution in [0.3, 0.4) is 0 Å². The Kier molecular flexibility index (Phi) is 2.46. The van der Waals surface area contributed by atoms with Gasteiger partial charge in [0.15, 0.2) is 0 Å². The molecule has 14 heavy (non-hydrogen) atoms. The van der Waals surface area contributed by atoms with Crippen molar-refractivity contribution in [1.82, 2.24) is 0 Å². The minimum atomic E-state index is 1.02. The van der Waals surface area contributed by atoms with Crippen LogP contribution in [-0.4, -0.2) is 7.11 Å². The summed E-state index contributed by atoms with van der Waals surface area (Å²) in [4.78, 5) is 0. The number of rotatable bonds is 2. The Labute approximate surface area is 88.3 Å². The number of hydrogen-bond donors (Lipinski definition) is 0. The number of ether oxygens (including phenoxy) is 1. The molecule has 74 valence electrons. The summed E-state index contributed by atoms with van der Waals surface area (Å²) in [6, 6.07) is 4.36. The maximum atomic E-state index is 5.47. The Balaban J connectivity index is 2.77. The summed E-state index contributed by atoms with van der Waals surface area (Å²) in [5.41, 5.74) is 2.63. The quantitative estimate of drug-likeness (QED) is 0.726. The Morgan fingerprint density at radius 1 is 1.36 bits per heavy atom. The minimum Gasteiger partial charge on any atom is -0.495 e. The number of methoxy groups -OCH3 is 1. The van der Waals surface area contributed by atoms with E-state index in [0.29, 0.717) is 0 Å². The van der Waals surface area contributed by atoms with E-state index in [0.717, 1.165) is 12.2 Å². The highest BCUT2D eigenvalue weighted by molar-refractivity contribution is 7.17. The maximum absolute atomic E-state index is 5.47. The SMILES string of the molecule is CCc1ccc2c(C)csc2c1OC. The van der Waals surface area contributed by atoms with E-state index in [2.05, 4.69) is 31.4 Å². The first-order valence-electron chi connectivity index (χ1n) is 4.81. The predicted octanol–water partition coefficient (Wildman–Crippen LogP) is 3.78. The summed E-state index contributed by atoms with van der Waals surface area (Å²) < 4.78 is 6.76. The van der Waals surface area contributed by atoms with E-state index in [4.69, 9.17) is 4.74 Å². The molecule has 0 fully saturated rings. The predicted molar refractivity (Wildman–Crippen MR) is 62.5 cm³/mol. The molecule has 2 rings (SSSR count). The zero-order valence-electron chi connectivity index (χ0n) is 8.76. The third-order valence-corrected chi connectivity index (χ3v) is 3.67. The fourth-order valence-electron chi connectivity index (χ4n) is 1.74. The van der Waals surface area contributed by atoms with E-state index < -0.39 is 0 Å². The van der Waals surface area contributed by atoms with Crippen molar-refractivity contribution in [3.63, 3.8) is 0 Å². The minimum absolute atomic E-state index is 1.02. The van der Waals surface area contributed by atoms with Crippen LogP contribution in [0.15, 0.2) is 17.5 Å². The third kappa shape index (κ3) is 1.30. The summed E-state index contributed by atoms with van der Waals surface area (Å²) in [5, 5.41) is 3.51. The van der Waals surface area contributed by atoms with Gasteiger partial charge < -0.3 is 4.74 Å². The van der Waals surface area contributed by atoms with E-state index in [-0.39, 0.29) is 0 Å². The monoisotopic (exact) mass is 206 g/mol. The van der Waals surface area contributed by atoms with Gasteiger partial charge in [-0.2, -0.15) is 0 Å². The van der Waals surface area contributed by atoms with Gasteiger partial charge in [0.2, 0.25) is 0 Å². The molecule has 0 spiro atoms. The van der Waals surface area contributed by atoms with Crippen molar-refractivity contribution in [3.05, 3.63) is 28.6 Å². The molecule has 1 nitrogen and oxygen atoms in total. The van der Waals surface area contributed by atoms with Gasteiger partial charge in [0.1, 0.15) is 5.75 Å². The van der Waals surface area contributed by atoms with Gasteiger partial charge in [-0.25, -0.2) is 0 Å². The Morgan fingerprint density at radius 3 is 2.79 bits per heavy atom. The first-order valence-corrected chi connectivity index (χ1v) is 5.69. The lowest BCUT2D eigenvalue weighted by molar-refractivity contribution is 0.416. The molecule has 1 aromatic heterocycles. The van der Waals surface area contributed by atoms with E-state index >= 15 is 0 Å². The van der Waals surface area contributed by atoms with Crippen LogP contribution in [0.5, 0.6) is 5.75 Å². The molecule has 2 heteroatoms. The van der Waals surface area contributed by atoms with Crippen LogP contribution < -0.4 is 4.74 Å². The fourth-order valence-corrected chi connectivity index (χ4v) is 2.84. The van der Waals surface area contributed by atoms with E-state index in [1.54, 1.807) is 18.4 Å². The highest BCUT2D eigenvalue weighted by Crippen LogP contribution is 2.36. The molecule has 0 amide bonds. The molecule has 0 unspecified atom stereocenters. The molecular formula is C12H14OS. The lowest BCUT2D eigenvalue weighted by Crippen LogP contribution is -1.90. The molecule has 0 bridgehead atoms. The zero-order chi connectivity index (χ0) is 10.1. The van der Waals surface area contributed by atoms with Crippen LogP contribution in [0.4, 0.5) is 0 Å². The molecule has 0 atom stereocenters. The second-order valence-electron chi connectivity index (χ2n) is 3.41. The van der Waals surface area contributed by atoms with Gasteiger partial charge in [-0.3, -0.25) is 0 Å². The van der Waals surface area contributed by atoms with Crippen molar-refractivity contribution in [2.24, 2.45) is 0 Å². The van der Waals surface area contributed by atoms with E-state index in [1.165, 1.54) is 21.2 Å². The molecule has 2 aromatic rings. The second kappa shape index (κ2) is 3.62. The summed E-state index contributed by atoms with van der Waals surface area (Å²) in [6.07, 6.45) is 1.02. The molecule has 0 saturated heterocycles. The molecule has 0 saturated carbocycles. The van der Waals surface area contributed by atoms with Gasteiger partial charge in [0.25, 0.3) is 0 Å². The van der Waals surface area contributed by atoms with Gasteiger partial charge in [-0.1, -0.05) is 19.1 Å². The average Bonchev–Trinajstić information content (AvgIpc) is 2.59. The molecule has 0 aliphatic rings. The third-order valence-electron chi connectivity index (χ3n) is 2.56. The Morgan fingerprint density at radius 2 is 2.14 bits per heavy atom. The van der Waals surface area contributed by atoms with Crippen molar-refractivity contribution in [2.45, 2.75) is 20.3 Å². The van der Waals surface area contributed by atoms with E-state index in [9.17, 15) is 0 Å². The topological polar surface area (TPSA) is 9.23 Å². The van der Waals surface area contributed by atoms with Crippen LogP contribution >= 0.6 is 11.3 Å². The van der Waals surface area contributed by atoms with Gasteiger partial charge >= 0.3 is 0 Å². The second-order valence-corrected chi connectivity index (χ2v) is 4.29. The van der Waals surface area contributed by atoms with Crippen molar-refractivity contribution in [2.75, 3.05) is 7.11 Å². The van der Waals surface area contributed by atoms with Crippen LogP contribution in [0, 0.1) is 6.92 Å². The fraction of sp³-hybridized carbons (Fsp3) is 0.333. The summed E-state index contributed by atoms with van der Waals surface area (Å²) in [7, 11) is 1.75. The smallest absolute Gasteiger partial charge is 0.139 e. The number of fused-ring (bicyclic) bond motifs is 1. The first-order chi connectivity index (χ1) is 6.77. The first kappa shape index (κ1) is 9.53. The van der Waals surface area contributed by atoms with Crippen LogP contribution in [0.25, 0.3) is 10.1 Å². The number of hydrogen-bond acceptors (Lipinski definition) is 2. The summed E-state index contributed by atoms with van der Waals surface area (Å²) in [5.74, 6) is 1.06. The largest absolute Gasteiger partial charge is 0.495 e. The summed E-state index contributed by atoms with van der Waals surface area (Å²) >= 11 is 1.77. The zero-order valence-corrected chi connectivity index (χ0v) is 9.57. The van der Waals surface area contributed by atoms with E-state index in [1.807, 2.05) is 0 Å². The number of thiophene rings is 1. The van der Waals surface area contributed by atoms with Crippen molar-refractivity contribution in [1.29, 1.82) is 0 Å². The normalized spacial score (nSPS) is 10.8. The molecule has 0 N–H and O–H groups in total. The highest BCUT2D eigenvalue weighted by atomic mass is 32.1. The molecule has 0 aliphatic carbocycles. The summed E-state index contributed by atoms with van der Waals surface area (Å²) in [6.45, 7) is 4.30. The Hall–Kier alpha value is -1.02. The van der Waals surface area contributed by atoms with Crippen LogP contribution in [0.2, 0.25) is 0 Å². The number of aryl methyl sites for hydroxylation is 2. The van der Waals surface area contributed by atoms with Crippen LogP contribution in [0.1, 0.15) is 18.1 Å².